The predicted octanol–water partition coefficient (Wildman–Crippen LogP) is 1.86. The molecule has 0 spiro atoms. The third kappa shape index (κ3) is 4.02. The summed E-state index contributed by atoms with van der Waals surface area (Å²) in [5.41, 5.74) is 1.29. The second-order valence-electron chi connectivity index (χ2n) is 4.56. The van der Waals surface area contributed by atoms with Crippen molar-refractivity contribution in [3.8, 4) is 5.75 Å². The SMILES string of the molecule is COCCc1ccc(OC[C@H]2CCNC2)cc1. The largest absolute Gasteiger partial charge is 0.493 e. The summed E-state index contributed by atoms with van der Waals surface area (Å²) in [7, 11) is 1.73. The van der Waals surface area contributed by atoms with E-state index in [1.54, 1.807) is 7.11 Å². The zero-order valence-electron chi connectivity index (χ0n) is 10.4. The molecular weight excluding hydrogens is 214 g/mol. The minimum absolute atomic E-state index is 0.670. The maximum absolute atomic E-state index is 5.78. The lowest BCUT2D eigenvalue weighted by molar-refractivity contribution is 0.202. The van der Waals surface area contributed by atoms with Crippen LogP contribution in [0.5, 0.6) is 5.75 Å². The topological polar surface area (TPSA) is 30.5 Å². The third-order valence-electron chi connectivity index (χ3n) is 3.17. The van der Waals surface area contributed by atoms with Gasteiger partial charge in [-0.05, 0) is 37.1 Å². The molecule has 3 nitrogen and oxygen atoms in total. The number of hydrogen-bond acceptors (Lipinski definition) is 3. The molecule has 0 bridgehead atoms. The van der Waals surface area contributed by atoms with Gasteiger partial charge in [-0.1, -0.05) is 12.1 Å². The van der Waals surface area contributed by atoms with Crippen LogP contribution in [0.15, 0.2) is 24.3 Å². The lowest BCUT2D eigenvalue weighted by atomic mass is 10.1. The quantitative estimate of drug-likeness (QED) is 0.816. The summed E-state index contributed by atoms with van der Waals surface area (Å²) in [5, 5.41) is 3.35. The maximum Gasteiger partial charge on any atom is 0.119 e. The molecule has 1 aliphatic rings. The Morgan fingerprint density at radius 2 is 2.12 bits per heavy atom. The predicted molar refractivity (Wildman–Crippen MR) is 68.5 cm³/mol. The molecule has 1 aromatic rings. The molecule has 1 aliphatic heterocycles. The van der Waals surface area contributed by atoms with E-state index in [2.05, 4.69) is 17.4 Å². The molecule has 1 heterocycles. The molecule has 17 heavy (non-hydrogen) atoms. The molecule has 1 fully saturated rings. The van der Waals surface area contributed by atoms with Crippen molar-refractivity contribution in [2.75, 3.05) is 33.4 Å². The molecule has 0 amide bonds. The van der Waals surface area contributed by atoms with Gasteiger partial charge in [-0.2, -0.15) is 0 Å². The molecule has 3 heteroatoms. The molecule has 1 aromatic carbocycles. The Bertz CT molecular complexity index is 317. The van der Waals surface area contributed by atoms with Crippen LogP contribution < -0.4 is 10.1 Å². The summed E-state index contributed by atoms with van der Waals surface area (Å²) in [4.78, 5) is 0. The molecule has 0 saturated carbocycles. The summed E-state index contributed by atoms with van der Waals surface area (Å²) < 4.78 is 10.8. The van der Waals surface area contributed by atoms with E-state index in [1.165, 1.54) is 12.0 Å². The van der Waals surface area contributed by atoms with E-state index in [9.17, 15) is 0 Å². The summed E-state index contributed by atoms with van der Waals surface area (Å²) in [6, 6.07) is 8.32. The van der Waals surface area contributed by atoms with Crippen molar-refractivity contribution in [3.05, 3.63) is 29.8 Å². The van der Waals surface area contributed by atoms with E-state index in [-0.39, 0.29) is 0 Å². The standard InChI is InChI=1S/C14H21NO2/c1-16-9-7-12-2-4-14(5-3-12)17-11-13-6-8-15-10-13/h2-5,13,15H,6-11H2,1H3/t13-/m0/s1. The van der Waals surface area contributed by atoms with Crippen molar-refractivity contribution in [3.63, 3.8) is 0 Å². The van der Waals surface area contributed by atoms with Crippen molar-refractivity contribution in [2.45, 2.75) is 12.8 Å². The van der Waals surface area contributed by atoms with Gasteiger partial charge in [0.05, 0.1) is 13.2 Å². The normalized spacial score (nSPS) is 19.5. The van der Waals surface area contributed by atoms with Crippen LogP contribution in [0.4, 0.5) is 0 Å². The van der Waals surface area contributed by atoms with Crippen LogP contribution in [0, 0.1) is 5.92 Å². The molecule has 94 valence electrons. The zero-order chi connectivity index (χ0) is 11.9. The smallest absolute Gasteiger partial charge is 0.119 e. The first-order chi connectivity index (χ1) is 8.38. The lowest BCUT2D eigenvalue weighted by Gasteiger charge is -2.11. The van der Waals surface area contributed by atoms with E-state index in [0.29, 0.717) is 5.92 Å². The Balaban J connectivity index is 1.76. The molecule has 1 saturated heterocycles. The number of methoxy groups -OCH3 is 1. The maximum atomic E-state index is 5.78. The van der Waals surface area contributed by atoms with Crippen molar-refractivity contribution >= 4 is 0 Å². The molecule has 0 unspecified atom stereocenters. The summed E-state index contributed by atoms with van der Waals surface area (Å²) in [6.07, 6.45) is 2.19. The van der Waals surface area contributed by atoms with Gasteiger partial charge in [0.15, 0.2) is 0 Å². The van der Waals surface area contributed by atoms with Gasteiger partial charge in [0.25, 0.3) is 0 Å². The van der Waals surface area contributed by atoms with E-state index in [1.807, 2.05) is 12.1 Å². The molecule has 1 N–H and O–H groups in total. The molecule has 0 aromatic heterocycles. The molecule has 0 aliphatic carbocycles. The second kappa shape index (κ2) is 6.62. The fourth-order valence-electron chi connectivity index (χ4n) is 2.04. The van der Waals surface area contributed by atoms with Crippen LogP contribution in [-0.2, 0) is 11.2 Å². The van der Waals surface area contributed by atoms with Crippen LogP contribution in [0.2, 0.25) is 0 Å². The van der Waals surface area contributed by atoms with E-state index in [4.69, 9.17) is 9.47 Å². The molecule has 0 radical (unpaired) electrons. The Labute approximate surface area is 103 Å². The molecule has 1 atom stereocenters. The zero-order valence-corrected chi connectivity index (χ0v) is 10.4. The number of ether oxygens (including phenoxy) is 2. The van der Waals surface area contributed by atoms with Gasteiger partial charge >= 0.3 is 0 Å². The fraction of sp³-hybridized carbons (Fsp3) is 0.571. The van der Waals surface area contributed by atoms with Gasteiger partial charge in [-0.25, -0.2) is 0 Å². The Hall–Kier alpha value is -1.06. The first-order valence-electron chi connectivity index (χ1n) is 6.30. The van der Waals surface area contributed by atoms with Gasteiger partial charge in [0, 0.05) is 19.6 Å². The van der Waals surface area contributed by atoms with Crippen LogP contribution >= 0.6 is 0 Å². The number of nitrogens with one attached hydrogen (secondary N) is 1. The van der Waals surface area contributed by atoms with Crippen molar-refractivity contribution in [2.24, 2.45) is 5.92 Å². The average molecular weight is 235 g/mol. The highest BCUT2D eigenvalue weighted by molar-refractivity contribution is 5.27. The number of rotatable bonds is 6. The van der Waals surface area contributed by atoms with E-state index < -0.39 is 0 Å². The van der Waals surface area contributed by atoms with E-state index in [0.717, 1.165) is 38.5 Å². The summed E-state index contributed by atoms with van der Waals surface area (Å²) in [6.45, 7) is 3.81. The second-order valence-corrected chi connectivity index (χ2v) is 4.56. The monoisotopic (exact) mass is 235 g/mol. The van der Waals surface area contributed by atoms with Gasteiger partial charge in [-0.15, -0.1) is 0 Å². The average Bonchev–Trinajstić information content (AvgIpc) is 2.88. The lowest BCUT2D eigenvalue weighted by Crippen LogP contribution is -2.15. The van der Waals surface area contributed by atoms with E-state index >= 15 is 0 Å². The van der Waals surface area contributed by atoms with Crippen LogP contribution in [0.3, 0.4) is 0 Å². The highest BCUT2D eigenvalue weighted by Crippen LogP contribution is 2.15. The van der Waals surface area contributed by atoms with Crippen LogP contribution in [0.25, 0.3) is 0 Å². The van der Waals surface area contributed by atoms with Crippen molar-refractivity contribution in [1.82, 2.24) is 5.32 Å². The summed E-state index contributed by atoms with van der Waals surface area (Å²) >= 11 is 0. The minimum atomic E-state index is 0.670. The van der Waals surface area contributed by atoms with Gasteiger partial charge in [0.2, 0.25) is 0 Å². The minimum Gasteiger partial charge on any atom is -0.493 e. The Kier molecular flexibility index (Phi) is 4.83. The van der Waals surface area contributed by atoms with Crippen LogP contribution in [-0.4, -0.2) is 33.4 Å². The first-order valence-corrected chi connectivity index (χ1v) is 6.30. The van der Waals surface area contributed by atoms with Gasteiger partial charge < -0.3 is 14.8 Å². The van der Waals surface area contributed by atoms with Crippen LogP contribution in [0.1, 0.15) is 12.0 Å². The number of hydrogen-bond donors (Lipinski definition) is 1. The van der Waals surface area contributed by atoms with Gasteiger partial charge in [-0.3, -0.25) is 0 Å². The highest BCUT2D eigenvalue weighted by atomic mass is 16.5. The third-order valence-corrected chi connectivity index (χ3v) is 3.17. The molecular formula is C14H21NO2. The number of benzene rings is 1. The fourth-order valence-corrected chi connectivity index (χ4v) is 2.04. The Morgan fingerprint density at radius 1 is 1.29 bits per heavy atom. The van der Waals surface area contributed by atoms with Gasteiger partial charge in [0.1, 0.15) is 5.75 Å². The van der Waals surface area contributed by atoms with Crippen molar-refractivity contribution < 1.29 is 9.47 Å². The first kappa shape index (κ1) is 12.4. The Morgan fingerprint density at radius 3 is 2.76 bits per heavy atom. The van der Waals surface area contributed by atoms with Crippen molar-refractivity contribution in [1.29, 1.82) is 0 Å². The highest BCUT2D eigenvalue weighted by Gasteiger charge is 2.14. The molecule has 2 rings (SSSR count). The summed E-state index contributed by atoms with van der Waals surface area (Å²) in [5.74, 6) is 1.64.